The first-order valence-electron chi connectivity index (χ1n) is 10.5. The molecule has 166 valence electrons. The van der Waals surface area contributed by atoms with Crippen molar-refractivity contribution < 1.29 is 13.2 Å². The molecular weight excluding hydrogens is 420 g/mol. The summed E-state index contributed by atoms with van der Waals surface area (Å²) in [4.78, 5) is 12.8. The summed E-state index contributed by atoms with van der Waals surface area (Å²) in [6.07, 6.45) is 2.51. The largest absolute Gasteiger partial charge is 0.322 e. The molecule has 1 N–H and O–H groups in total. The Kier molecular flexibility index (Phi) is 7.62. The molecule has 0 aliphatic carbocycles. The highest BCUT2D eigenvalue weighted by Crippen LogP contribution is 2.20. The predicted octanol–water partition coefficient (Wildman–Crippen LogP) is 5.19. The minimum atomic E-state index is -3.67. The van der Waals surface area contributed by atoms with E-state index >= 15 is 0 Å². The second-order valence-electron chi connectivity index (χ2n) is 7.60. The van der Waals surface area contributed by atoms with Crippen LogP contribution in [0, 0.1) is 6.92 Å². The first-order valence-corrected chi connectivity index (χ1v) is 11.9. The zero-order chi connectivity index (χ0) is 23.1. The monoisotopic (exact) mass is 448 g/mol. The summed E-state index contributed by atoms with van der Waals surface area (Å²) in [5.74, 6) is -0.212. The van der Waals surface area contributed by atoms with Crippen molar-refractivity contribution >= 4 is 21.6 Å². The highest BCUT2D eigenvalue weighted by Gasteiger charge is 2.23. The van der Waals surface area contributed by atoms with Gasteiger partial charge in [0, 0.05) is 24.3 Å². The molecule has 0 atom stereocenters. The van der Waals surface area contributed by atoms with Crippen LogP contribution in [0.5, 0.6) is 0 Å². The van der Waals surface area contributed by atoms with Crippen LogP contribution < -0.4 is 5.32 Å². The quantitative estimate of drug-likeness (QED) is 0.458. The molecule has 0 radical (unpaired) electrons. The number of amides is 1. The van der Waals surface area contributed by atoms with Crippen molar-refractivity contribution in [3.8, 4) is 0 Å². The summed E-state index contributed by atoms with van der Waals surface area (Å²) in [6, 6.07) is 21.5. The number of carbonyl (C=O) groups is 1. The van der Waals surface area contributed by atoms with Crippen molar-refractivity contribution in [2.45, 2.75) is 31.7 Å². The van der Waals surface area contributed by atoms with Crippen molar-refractivity contribution in [1.29, 1.82) is 0 Å². The lowest BCUT2D eigenvalue weighted by Gasteiger charge is -2.21. The van der Waals surface area contributed by atoms with Gasteiger partial charge in [-0.1, -0.05) is 55.0 Å². The van der Waals surface area contributed by atoms with Crippen LogP contribution in [-0.2, 0) is 23.0 Å². The molecule has 0 spiro atoms. The first-order chi connectivity index (χ1) is 15.3. The normalized spacial score (nSPS) is 11.3. The van der Waals surface area contributed by atoms with Crippen LogP contribution in [0.1, 0.15) is 34.0 Å². The zero-order valence-electron chi connectivity index (χ0n) is 18.4. The van der Waals surface area contributed by atoms with E-state index in [1.54, 1.807) is 54.6 Å². The van der Waals surface area contributed by atoms with E-state index in [9.17, 15) is 13.2 Å². The number of anilines is 1. The fourth-order valence-electron chi connectivity index (χ4n) is 3.24. The molecule has 0 saturated carbocycles. The van der Waals surface area contributed by atoms with Gasteiger partial charge in [0.25, 0.3) is 5.91 Å². The SMILES string of the molecule is C=CCN(Cc1ccc(C(=O)Nc2ccc(CC)cc2)cc1)S(=O)(=O)c1ccc(C)cc1. The number of hydrogen-bond acceptors (Lipinski definition) is 3. The molecule has 0 aliphatic rings. The molecule has 3 rings (SSSR count). The van der Waals surface area contributed by atoms with Gasteiger partial charge in [0.15, 0.2) is 0 Å². The van der Waals surface area contributed by atoms with E-state index in [1.165, 1.54) is 9.87 Å². The number of sulfonamides is 1. The van der Waals surface area contributed by atoms with Gasteiger partial charge < -0.3 is 5.32 Å². The number of rotatable bonds is 9. The molecule has 0 heterocycles. The Balaban J connectivity index is 1.72. The Morgan fingerprint density at radius 3 is 2.09 bits per heavy atom. The van der Waals surface area contributed by atoms with E-state index in [0.29, 0.717) is 5.56 Å². The van der Waals surface area contributed by atoms with Gasteiger partial charge in [0.1, 0.15) is 0 Å². The third-order valence-corrected chi connectivity index (χ3v) is 7.01. The lowest BCUT2D eigenvalue weighted by atomic mass is 10.1. The molecule has 0 aromatic heterocycles. The van der Waals surface area contributed by atoms with Crippen LogP contribution in [0.2, 0.25) is 0 Å². The van der Waals surface area contributed by atoms with Gasteiger partial charge in [0.2, 0.25) is 10.0 Å². The molecule has 0 bridgehead atoms. The Morgan fingerprint density at radius 1 is 0.938 bits per heavy atom. The average Bonchev–Trinajstić information content (AvgIpc) is 2.80. The lowest BCUT2D eigenvalue weighted by Crippen LogP contribution is -2.30. The van der Waals surface area contributed by atoms with Crippen molar-refractivity contribution in [1.82, 2.24) is 4.31 Å². The van der Waals surface area contributed by atoms with Crippen LogP contribution in [0.15, 0.2) is 90.3 Å². The molecule has 0 saturated heterocycles. The molecular formula is C26H28N2O3S. The zero-order valence-corrected chi connectivity index (χ0v) is 19.2. The summed E-state index contributed by atoms with van der Waals surface area (Å²) in [5, 5.41) is 2.88. The smallest absolute Gasteiger partial charge is 0.255 e. The summed E-state index contributed by atoms with van der Waals surface area (Å²) in [5.41, 5.74) is 4.22. The fraction of sp³-hybridized carbons (Fsp3) is 0.192. The van der Waals surface area contributed by atoms with E-state index in [4.69, 9.17) is 0 Å². The number of benzene rings is 3. The van der Waals surface area contributed by atoms with Gasteiger partial charge in [-0.3, -0.25) is 4.79 Å². The first kappa shape index (κ1) is 23.4. The van der Waals surface area contributed by atoms with Crippen LogP contribution in [-0.4, -0.2) is 25.2 Å². The third kappa shape index (κ3) is 5.72. The van der Waals surface area contributed by atoms with E-state index in [0.717, 1.165) is 23.2 Å². The molecule has 5 nitrogen and oxygen atoms in total. The molecule has 1 amide bonds. The molecule has 0 aliphatic heterocycles. The summed E-state index contributed by atoms with van der Waals surface area (Å²) in [6.45, 7) is 8.06. The van der Waals surface area contributed by atoms with Crippen LogP contribution >= 0.6 is 0 Å². The number of aryl methyl sites for hydroxylation is 2. The topological polar surface area (TPSA) is 66.5 Å². The van der Waals surface area contributed by atoms with Crippen molar-refractivity contribution in [2.24, 2.45) is 0 Å². The van der Waals surface area contributed by atoms with Gasteiger partial charge in [-0.2, -0.15) is 4.31 Å². The standard InChI is InChI=1S/C26H28N2O3S/c1-4-18-28(32(30,31)25-16-6-20(3)7-17-25)19-22-8-12-23(13-9-22)26(29)27-24-14-10-21(5-2)11-15-24/h4,6-17H,1,5,18-19H2,2-3H3,(H,27,29). The number of nitrogens with zero attached hydrogens (tertiary/aromatic N) is 1. The molecule has 3 aromatic rings. The number of carbonyl (C=O) groups excluding carboxylic acids is 1. The predicted molar refractivity (Wildman–Crippen MR) is 129 cm³/mol. The second-order valence-corrected chi connectivity index (χ2v) is 9.54. The van der Waals surface area contributed by atoms with Crippen molar-refractivity contribution in [3.63, 3.8) is 0 Å². The maximum Gasteiger partial charge on any atom is 0.255 e. The van der Waals surface area contributed by atoms with Crippen molar-refractivity contribution in [3.05, 3.63) is 108 Å². The molecule has 6 heteroatoms. The Bertz CT molecular complexity index is 1170. The summed E-state index contributed by atoms with van der Waals surface area (Å²) < 4.78 is 27.5. The highest BCUT2D eigenvalue weighted by atomic mass is 32.2. The minimum Gasteiger partial charge on any atom is -0.322 e. The lowest BCUT2D eigenvalue weighted by molar-refractivity contribution is 0.102. The van der Waals surface area contributed by atoms with E-state index < -0.39 is 10.0 Å². The van der Waals surface area contributed by atoms with Crippen LogP contribution in [0.4, 0.5) is 5.69 Å². The van der Waals surface area contributed by atoms with E-state index in [1.807, 2.05) is 31.2 Å². The van der Waals surface area contributed by atoms with Crippen LogP contribution in [0.3, 0.4) is 0 Å². The van der Waals surface area contributed by atoms with Gasteiger partial charge in [-0.05, 0) is 60.9 Å². The summed E-state index contributed by atoms with van der Waals surface area (Å²) >= 11 is 0. The number of nitrogens with one attached hydrogen (secondary N) is 1. The van der Waals surface area contributed by atoms with Crippen LogP contribution in [0.25, 0.3) is 0 Å². The fourth-order valence-corrected chi connectivity index (χ4v) is 4.64. The molecule has 0 unspecified atom stereocenters. The van der Waals surface area contributed by atoms with Gasteiger partial charge in [-0.15, -0.1) is 6.58 Å². The maximum absolute atomic E-state index is 13.1. The Morgan fingerprint density at radius 2 is 1.53 bits per heavy atom. The maximum atomic E-state index is 13.1. The van der Waals surface area contributed by atoms with Gasteiger partial charge in [-0.25, -0.2) is 8.42 Å². The van der Waals surface area contributed by atoms with Gasteiger partial charge in [0.05, 0.1) is 4.90 Å². The number of hydrogen-bond donors (Lipinski definition) is 1. The van der Waals surface area contributed by atoms with Crippen molar-refractivity contribution in [2.75, 3.05) is 11.9 Å². The molecule has 32 heavy (non-hydrogen) atoms. The Labute approximate surface area is 190 Å². The Hall–Kier alpha value is -3.22. The van der Waals surface area contributed by atoms with Gasteiger partial charge >= 0.3 is 0 Å². The minimum absolute atomic E-state index is 0.183. The highest BCUT2D eigenvalue weighted by molar-refractivity contribution is 7.89. The average molecular weight is 449 g/mol. The van der Waals surface area contributed by atoms with E-state index in [-0.39, 0.29) is 23.9 Å². The third-order valence-electron chi connectivity index (χ3n) is 5.19. The van der Waals surface area contributed by atoms with E-state index in [2.05, 4.69) is 18.8 Å². The second kappa shape index (κ2) is 10.4. The molecule has 3 aromatic carbocycles. The molecule has 0 fully saturated rings. The summed E-state index contributed by atoms with van der Waals surface area (Å²) in [7, 11) is -3.67.